The van der Waals surface area contributed by atoms with Gasteiger partial charge in [0.15, 0.2) is 0 Å². The van der Waals surface area contributed by atoms with Crippen LogP contribution in [0.5, 0.6) is 0 Å². The number of fused-ring (bicyclic) bond motifs is 8. The SMILES string of the molecule is Cc1cc(C)c2c(c1)c1cc(C)cc(C)c1n2B1c2ccccc2-n2c3ccncc3c3ccc(C(C)(C)C)c1c32. The van der Waals surface area contributed by atoms with Crippen LogP contribution in [-0.4, -0.2) is 20.9 Å². The van der Waals surface area contributed by atoms with Gasteiger partial charge >= 0.3 is 6.85 Å². The van der Waals surface area contributed by atoms with E-state index in [9.17, 15) is 0 Å². The first-order chi connectivity index (χ1) is 19.6. The molecule has 4 aromatic carbocycles. The van der Waals surface area contributed by atoms with Gasteiger partial charge in [-0.2, -0.15) is 0 Å². The Labute approximate surface area is 241 Å². The fourth-order valence-corrected chi connectivity index (χ4v) is 7.84. The number of benzene rings is 4. The van der Waals surface area contributed by atoms with E-state index in [0.717, 1.165) is 0 Å². The molecule has 0 saturated heterocycles. The van der Waals surface area contributed by atoms with Crippen molar-refractivity contribution in [2.75, 3.05) is 0 Å². The van der Waals surface area contributed by atoms with Crippen LogP contribution in [0.1, 0.15) is 48.6 Å². The summed E-state index contributed by atoms with van der Waals surface area (Å²) in [5.41, 5.74) is 15.8. The van der Waals surface area contributed by atoms with Crippen molar-refractivity contribution < 1.29 is 0 Å². The third-order valence-corrected chi connectivity index (χ3v) is 9.24. The standard InChI is InChI=1S/C37H34BN3/c1-21-16-23(3)34-26(18-21)27-19-22(2)17-24(4)35(27)41(34)38-30-10-8-9-11-32(30)40-31-14-15-39-20-28(31)25-12-13-29(37(5,6)7)33(38)36(25)40/h8-20H,1-7H3. The largest absolute Gasteiger partial charge is 0.375 e. The molecule has 200 valence electrons. The van der Waals surface area contributed by atoms with E-state index in [2.05, 4.69) is 129 Å². The number of rotatable bonds is 1. The van der Waals surface area contributed by atoms with E-state index in [1.54, 1.807) is 0 Å². The quantitative estimate of drug-likeness (QED) is 0.198. The minimum atomic E-state index is -0.0381. The zero-order chi connectivity index (χ0) is 28.4. The van der Waals surface area contributed by atoms with Crippen molar-refractivity contribution in [3.05, 3.63) is 107 Å². The van der Waals surface area contributed by atoms with Crippen LogP contribution in [0.25, 0.3) is 49.3 Å². The lowest BCUT2D eigenvalue weighted by Gasteiger charge is -2.33. The maximum atomic E-state index is 4.56. The summed E-state index contributed by atoms with van der Waals surface area (Å²) in [7, 11) is 0. The molecule has 0 aliphatic carbocycles. The van der Waals surface area contributed by atoms with E-state index in [1.807, 2.05) is 12.4 Å². The van der Waals surface area contributed by atoms with Gasteiger partial charge in [-0.15, -0.1) is 0 Å². The Balaban J connectivity index is 1.67. The Morgan fingerprint density at radius 3 is 2.00 bits per heavy atom. The van der Waals surface area contributed by atoms with E-state index >= 15 is 0 Å². The monoisotopic (exact) mass is 531 g/mol. The van der Waals surface area contributed by atoms with Gasteiger partial charge in [0.1, 0.15) is 0 Å². The maximum absolute atomic E-state index is 4.56. The molecule has 3 nitrogen and oxygen atoms in total. The zero-order valence-electron chi connectivity index (χ0n) is 24.9. The molecule has 3 aromatic heterocycles. The smallest absolute Gasteiger partial charge is 0.332 e. The number of hydrogen-bond donors (Lipinski definition) is 0. The summed E-state index contributed by atoms with van der Waals surface area (Å²) >= 11 is 0. The Bertz CT molecular complexity index is 2170. The van der Waals surface area contributed by atoms with Gasteiger partial charge in [-0.3, -0.25) is 4.98 Å². The molecule has 0 bridgehead atoms. The maximum Gasteiger partial charge on any atom is 0.332 e. The van der Waals surface area contributed by atoms with Gasteiger partial charge < -0.3 is 9.05 Å². The summed E-state index contributed by atoms with van der Waals surface area (Å²) in [4.78, 5) is 4.56. The Morgan fingerprint density at radius 2 is 1.34 bits per heavy atom. The van der Waals surface area contributed by atoms with Crippen molar-refractivity contribution in [2.45, 2.75) is 53.9 Å². The van der Waals surface area contributed by atoms with Crippen LogP contribution in [0.3, 0.4) is 0 Å². The molecule has 4 heterocycles. The predicted molar refractivity (Wildman–Crippen MR) is 176 cm³/mol. The minimum absolute atomic E-state index is 0.0247. The van der Waals surface area contributed by atoms with E-state index < -0.39 is 0 Å². The van der Waals surface area contributed by atoms with Gasteiger partial charge in [-0.25, -0.2) is 0 Å². The molecule has 8 rings (SSSR count). The number of nitrogens with zero attached hydrogens (tertiary/aromatic N) is 3. The summed E-state index contributed by atoms with van der Waals surface area (Å²) in [6, 6.07) is 25.4. The topological polar surface area (TPSA) is 22.8 Å². The van der Waals surface area contributed by atoms with Gasteiger partial charge in [0.25, 0.3) is 0 Å². The highest BCUT2D eigenvalue weighted by atomic mass is 15.0. The molecule has 0 radical (unpaired) electrons. The van der Waals surface area contributed by atoms with Crippen LogP contribution in [0.4, 0.5) is 0 Å². The highest BCUT2D eigenvalue weighted by molar-refractivity contribution is 6.88. The molecule has 1 aliphatic rings. The summed E-state index contributed by atoms with van der Waals surface area (Å²) in [5.74, 6) is 0. The number of pyridine rings is 1. The molecule has 0 atom stereocenters. The second-order valence-corrected chi connectivity index (χ2v) is 13.2. The van der Waals surface area contributed by atoms with Crippen LogP contribution in [0.15, 0.2) is 79.1 Å². The first-order valence-corrected chi connectivity index (χ1v) is 14.7. The van der Waals surface area contributed by atoms with E-state index in [4.69, 9.17) is 0 Å². The third kappa shape index (κ3) is 3.19. The predicted octanol–water partition coefficient (Wildman–Crippen LogP) is 7.79. The highest BCUT2D eigenvalue weighted by Gasteiger charge is 2.40. The molecular weight excluding hydrogens is 497 g/mol. The van der Waals surface area contributed by atoms with Gasteiger partial charge in [0, 0.05) is 50.7 Å². The lowest BCUT2D eigenvalue weighted by atomic mass is 9.46. The third-order valence-electron chi connectivity index (χ3n) is 9.24. The average molecular weight is 532 g/mol. The van der Waals surface area contributed by atoms with E-state index in [0.29, 0.717) is 0 Å². The molecule has 0 spiro atoms. The fraction of sp³-hybridized carbons (Fsp3) is 0.216. The van der Waals surface area contributed by atoms with Crippen LogP contribution >= 0.6 is 0 Å². The van der Waals surface area contributed by atoms with E-state index in [1.165, 1.54) is 88.0 Å². The van der Waals surface area contributed by atoms with Gasteiger partial charge in [-0.05, 0) is 85.0 Å². The van der Waals surface area contributed by atoms with Crippen molar-refractivity contribution >= 4 is 61.4 Å². The van der Waals surface area contributed by atoms with E-state index in [-0.39, 0.29) is 12.3 Å². The number of para-hydroxylation sites is 1. The van der Waals surface area contributed by atoms with Crippen LogP contribution in [0, 0.1) is 27.7 Å². The molecule has 0 N–H and O–H groups in total. The van der Waals surface area contributed by atoms with Crippen LogP contribution < -0.4 is 10.9 Å². The minimum Gasteiger partial charge on any atom is -0.375 e. The first-order valence-electron chi connectivity index (χ1n) is 14.7. The number of aromatic nitrogens is 3. The fourth-order valence-electron chi connectivity index (χ4n) is 7.84. The second kappa shape index (κ2) is 8.13. The van der Waals surface area contributed by atoms with Crippen LogP contribution in [0.2, 0.25) is 0 Å². The molecule has 0 fully saturated rings. The molecule has 4 heteroatoms. The Kier molecular flexibility index (Phi) is 4.86. The van der Waals surface area contributed by atoms with Gasteiger partial charge in [0.2, 0.25) is 0 Å². The molecule has 0 amide bonds. The normalized spacial score (nSPS) is 13.2. The molecule has 41 heavy (non-hydrogen) atoms. The van der Waals surface area contributed by atoms with Gasteiger partial charge in [0.05, 0.1) is 11.0 Å². The number of hydrogen-bond acceptors (Lipinski definition) is 1. The van der Waals surface area contributed by atoms with Crippen molar-refractivity contribution in [2.24, 2.45) is 0 Å². The highest BCUT2D eigenvalue weighted by Crippen LogP contribution is 2.39. The summed E-state index contributed by atoms with van der Waals surface area (Å²) in [6.07, 6.45) is 3.96. The molecule has 0 unspecified atom stereocenters. The first kappa shape index (κ1) is 24.5. The average Bonchev–Trinajstić information content (AvgIpc) is 3.43. The Hall–Kier alpha value is -4.31. The molecule has 1 aliphatic heterocycles. The van der Waals surface area contributed by atoms with Crippen molar-refractivity contribution in [3.8, 4) is 5.69 Å². The molecule has 0 saturated carbocycles. The summed E-state index contributed by atoms with van der Waals surface area (Å²) in [5, 5.41) is 5.18. The van der Waals surface area contributed by atoms with Crippen molar-refractivity contribution in [1.29, 1.82) is 0 Å². The van der Waals surface area contributed by atoms with Gasteiger partial charge in [-0.1, -0.05) is 74.4 Å². The molecule has 7 aromatic rings. The summed E-state index contributed by atoms with van der Waals surface area (Å²) < 4.78 is 5.20. The van der Waals surface area contributed by atoms with Crippen molar-refractivity contribution in [3.63, 3.8) is 0 Å². The van der Waals surface area contributed by atoms with Crippen LogP contribution in [-0.2, 0) is 5.41 Å². The molecular formula is C37H34BN3. The van der Waals surface area contributed by atoms with Crippen molar-refractivity contribution in [1.82, 2.24) is 14.0 Å². The Morgan fingerprint density at radius 1 is 0.683 bits per heavy atom. The number of aryl methyl sites for hydroxylation is 4. The summed E-state index contributed by atoms with van der Waals surface area (Å²) in [6.45, 7) is 16.1. The second-order valence-electron chi connectivity index (χ2n) is 13.2. The zero-order valence-corrected chi connectivity index (χ0v) is 24.9. The lowest BCUT2D eigenvalue weighted by Crippen LogP contribution is -2.55. The lowest BCUT2D eigenvalue weighted by molar-refractivity contribution is 0.594.